The number of benzene rings is 3. The van der Waals surface area contributed by atoms with E-state index in [1.807, 2.05) is 36.4 Å². The lowest BCUT2D eigenvalue weighted by molar-refractivity contribution is 0.101. The van der Waals surface area contributed by atoms with E-state index in [-0.39, 0.29) is 11.6 Å². The Hall–Kier alpha value is -3.51. The van der Waals surface area contributed by atoms with Gasteiger partial charge in [0.2, 0.25) is 5.82 Å². The summed E-state index contributed by atoms with van der Waals surface area (Å²) in [7, 11) is 0. The van der Waals surface area contributed by atoms with Crippen molar-refractivity contribution in [3.05, 3.63) is 95.5 Å². The first-order valence-corrected chi connectivity index (χ1v) is 8.83. The number of nitrogens with one attached hydrogen (secondary N) is 1. The van der Waals surface area contributed by atoms with Crippen molar-refractivity contribution in [1.29, 1.82) is 0 Å². The molecule has 0 atom stereocenters. The van der Waals surface area contributed by atoms with Gasteiger partial charge in [-0.3, -0.25) is 4.79 Å². The van der Waals surface area contributed by atoms with Crippen molar-refractivity contribution in [2.75, 3.05) is 5.32 Å². The van der Waals surface area contributed by atoms with Gasteiger partial charge in [0, 0.05) is 16.3 Å². The van der Waals surface area contributed by atoms with Crippen LogP contribution in [0.4, 0.5) is 10.1 Å². The van der Waals surface area contributed by atoms with Gasteiger partial charge in [0.1, 0.15) is 5.82 Å². The lowest BCUT2D eigenvalue weighted by atomic mass is 10.2. The van der Waals surface area contributed by atoms with Crippen molar-refractivity contribution in [3.8, 4) is 17.1 Å². The minimum atomic E-state index is -0.496. The summed E-state index contributed by atoms with van der Waals surface area (Å²) in [6.07, 6.45) is 0. The molecule has 0 unspecified atom stereocenters. The molecule has 1 heterocycles. The maximum atomic E-state index is 13.1. The highest BCUT2D eigenvalue weighted by Crippen LogP contribution is 2.23. The molecule has 0 saturated carbocycles. The van der Waals surface area contributed by atoms with Crippen molar-refractivity contribution in [2.45, 2.75) is 0 Å². The average Bonchev–Trinajstić information content (AvgIpc) is 3.16. The van der Waals surface area contributed by atoms with Gasteiger partial charge in [-0.25, -0.2) is 14.1 Å². The van der Waals surface area contributed by atoms with Gasteiger partial charge in [-0.1, -0.05) is 48.0 Å². The Balaban J connectivity index is 1.74. The molecule has 1 aromatic heterocycles. The topological polar surface area (TPSA) is 59.8 Å². The molecule has 0 aliphatic rings. The second-order valence-electron chi connectivity index (χ2n) is 5.98. The Kier molecular flexibility index (Phi) is 4.87. The molecule has 4 rings (SSSR count). The van der Waals surface area contributed by atoms with E-state index in [4.69, 9.17) is 11.6 Å². The van der Waals surface area contributed by atoms with Crippen LogP contribution in [0.5, 0.6) is 0 Å². The van der Waals surface area contributed by atoms with Gasteiger partial charge in [-0.2, -0.15) is 0 Å². The van der Waals surface area contributed by atoms with Crippen LogP contribution in [0.2, 0.25) is 5.02 Å². The van der Waals surface area contributed by atoms with Crippen LogP contribution in [0.15, 0.2) is 78.9 Å². The van der Waals surface area contributed by atoms with Gasteiger partial charge in [0.05, 0.1) is 5.69 Å². The van der Waals surface area contributed by atoms with Crippen LogP contribution < -0.4 is 5.32 Å². The number of aromatic nitrogens is 3. The predicted molar refractivity (Wildman–Crippen MR) is 106 cm³/mol. The minimum absolute atomic E-state index is 0.0110. The van der Waals surface area contributed by atoms with Gasteiger partial charge in [0.15, 0.2) is 5.82 Å². The zero-order chi connectivity index (χ0) is 19.5. The molecule has 138 valence electrons. The largest absolute Gasteiger partial charge is 0.319 e. The Morgan fingerprint density at radius 2 is 1.71 bits per heavy atom. The summed E-state index contributed by atoms with van der Waals surface area (Å²) < 4.78 is 14.6. The van der Waals surface area contributed by atoms with Crippen LogP contribution in [0.3, 0.4) is 0 Å². The van der Waals surface area contributed by atoms with E-state index in [2.05, 4.69) is 15.4 Å². The van der Waals surface area contributed by atoms with Gasteiger partial charge in [-0.05, 0) is 42.5 Å². The van der Waals surface area contributed by atoms with Crippen LogP contribution in [0, 0.1) is 5.82 Å². The van der Waals surface area contributed by atoms with Gasteiger partial charge in [-0.15, -0.1) is 5.10 Å². The summed E-state index contributed by atoms with van der Waals surface area (Å²) in [4.78, 5) is 17.0. The van der Waals surface area contributed by atoms with E-state index in [1.165, 1.54) is 24.3 Å². The Bertz CT molecular complexity index is 1130. The van der Waals surface area contributed by atoms with Gasteiger partial charge < -0.3 is 5.32 Å². The van der Waals surface area contributed by atoms with Gasteiger partial charge in [0.25, 0.3) is 5.91 Å². The highest BCUT2D eigenvalue weighted by molar-refractivity contribution is 6.30. The van der Waals surface area contributed by atoms with Gasteiger partial charge >= 0.3 is 0 Å². The number of hydrogen-bond acceptors (Lipinski definition) is 3. The van der Waals surface area contributed by atoms with Crippen LogP contribution in [0.1, 0.15) is 10.6 Å². The molecule has 28 heavy (non-hydrogen) atoms. The first-order valence-electron chi connectivity index (χ1n) is 8.45. The third-order valence-electron chi connectivity index (χ3n) is 4.00. The SMILES string of the molecule is O=C(Nc1ccc(F)cc1)c1nc(-c2ccccc2)n(-c2cccc(Cl)c2)n1. The number of carbonyl (C=O) groups excluding carboxylic acids is 1. The zero-order valence-corrected chi connectivity index (χ0v) is 15.3. The van der Waals surface area contributed by atoms with Crippen LogP contribution >= 0.6 is 11.6 Å². The molecule has 0 radical (unpaired) electrons. The molecule has 5 nitrogen and oxygen atoms in total. The number of halogens is 2. The summed E-state index contributed by atoms with van der Waals surface area (Å²) in [5.41, 5.74) is 1.93. The molecule has 0 aliphatic carbocycles. The van der Waals surface area contributed by atoms with E-state index in [1.54, 1.807) is 22.9 Å². The van der Waals surface area contributed by atoms with Crippen molar-refractivity contribution in [1.82, 2.24) is 14.8 Å². The van der Waals surface area contributed by atoms with E-state index >= 15 is 0 Å². The molecule has 7 heteroatoms. The summed E-state index contributed by atoms with van der Waals surface area (Å²) in [5, 5.41) is 7.59. The maximum Gasteiger partial charge on any atom is 0.295 e. The molecule has 3 aromatic carbocycles. The highest BCUT2D eigenvalue weighted by atomic mass is 35.5. The fraction of sp³-hybridized carbons (Fsp3) is 0. The standard InChI is InChI=1S/C21H14ClFN4O/c22-15-7-4-8-18(13-15)27-20(14-5-2-1-3-6-14)25-19(26-27)21(28)24-17-11-9-16(23)10-12-17/h1-13H,(H,24,28). The normalized spacial score (nSPS) is 10.6. The predicted octanol–water partition coefficient (Wildman–Crippen LogP) is 4.98. The molecular formula is C21H14ClFN4O. The molecule has 1 N–H and O–H groups in total. The first-order chi connectivity index (χ1) is 13.6. The quantitative estimate of drug-likeness (QED) is 0.533. The molecule has 0 bridgehead atoms. The monoisotopic (exact) mass is 392 g/mol. The number of rotatable bonds is 4. The molecule has 0 spiro atoms. The van der Waals surface area contributed by atoms with E-state index in [0.717, 1.165) is 5.56 Å². The van der Waals surface area contributed by atoms with Crippen molar-refractivity contribution in [3.63, 3.8) is 0 Å². The van der Waals surface area contributed by atoms with Crippen molar-refractivity contribution in [2.24, 2.45) is 0 Å². The summed E-state index contributed by atoms with van der Waals surface area (Å²) in [6, 6.07) is 22.0. The fourth-order valence-corrected chi connectivity index (χ4v) is 2.87. The Morgan fingerprint density at radius 1 is 0.964 bits per heavy atom. The van der Waals surface area contributed by atoms with Crippen molar-refractivity contribution < 1.29 is 9.18 Å². The molecule has 0 saturated heterocycles. The lowest BCUT2D eigenvalue weighted by Gasteiger charge is -2.06. The third kappa shape index (κ3) is 3.77. The summed E-state index contributed by atoms with van der Waals surface area (Å²) >= 11 is 6.11. The number of hydrogen-bond donors (Lipinski definition) is 1. The highest BCUT2D eigenvalue weighted by Gasteiger charge is 2.19. The summed E-state index contributed by atoms with van der Waals surface area (Å²) in [5.74, 6) is -0.382. The second kappa shape index (κ2) is 7.62. The van der Waals surface area contributed by atoms with E-state index in [0.29, 0.717) is 22.2 Å². The van der Waals surface area contributed by atoms with Crippen LogP contribution in [0.25, 0.3) is 17.1 Å². The molecule has 0 aliphatic heterocycles. The Morgan fingerprint density at radius 3 is 2.43 bits per heavy atom. The smallest absolute Gasteiger partial charge is 0.295 e. The lowest BCUT2D eigenvalue weighted by Crippen LogP contribution is -2.14. The Labute approximate surface area is 165 Å². The third-order valence-corrected chi connectivity index (χ3v) is 4.23. The summed E-state index contributed by atoms with van der Waals surface area (Å²) in [6.45, 7) is 0. The van der Waals surface area contributed by atoms with Crippen molar-refractivity contribution >= 4 is 23.2 Å². The first kappa shape index (κ1) is 17.9. The van der Waals surface area contributed by atoms with E-state index in [9.17, 15) is 9.18 Å². The second-order valence-corrected chi connectivity index (χ2v) is 6.41. The zero-order valence-electron chi connectivity index (χ0n) is 14.5. The minimum Gasteiger partial charge on any atom is -0.319 e. The van der Waals surface area contributed by atoms with Crippen LogP contribution in [-0.2, 0) is 0 Å². The average molecular weight is 393 g/mol. The molecular weight excluding hydrogens is 379 g/mol. The molecule has 0 fully saturated rings. The van der Waals surface area contributed by atoms with Crippen LogP contribution in [-0.4, -0.2) is 20.7 Å². The number of amides is 1. The number of nitrogens with zero attached hydrogens (tertiary/aromatic N) is 3. The molecule has 1 amide bonds. The number of anilines is 1. The molecule has 4 aromatic rings. The van der Waals surface area contributed by atoms with E-state index < -0.39 is 5.91 Å². The maximum absolute atomic E-state index is 13.1. The fourth-order valence-electron chi connectivity index (χ4n) is 2.69. The number of carbonyl (C=O) groups is 1.